The molecular weight excluding hydrogens is 366 g/mol. The van der Waals surface area contributed by atoms with E-state index in [0.717, 1.165) is 62.7 Å². The summed E-state index contributed by atoms with van der Waals surface area (Å²) in [7, 11) is 0. The van der Waals surface area contributed by atoms with Crippen molar-refractivity contribution in [2.24, 2.45) is 0 Å². The summed E-state index contributed by atoms with van der Waals surface area (Å²) in [6.45, 7) is 0. The number of urea groups is 1. The smallest absolute Gasteiger partial charge is 0.324 e. The number of hydrogen-bond acceptors (Lipinski definition) is 5. The lowest BCUT2D eigenvalue weighted by Gasteiger charge is -2.41. The molecule has 27 heavy (non-hydrogen) atoms. The summed E-state index contributed by atoms with van der Waals surface area (Å²) in [5.41, 5.74) is 0.0968. The van der Waals surface area contributed by atoms with Crippen LogP contribution in [0.4, 0.5) is 9.93 Å². The number of thiazole rings is 1. The molecule has 7 nitrogen and oxygen atoms in total. The number of anilines is 1. The summed E-state index contributed by atoms with van der Waals surface area (Å²) in [6, 6.07) is 0.408. The van der Waals surface area contributed by atoms with Crippen LogP contribution < -0.4 is 5.32 Å². The van der Waals surface area contributed by atoms with E-state index >= 15 is 0 Å². The minimum absolute atomic E-state index is 0.0968. The summed E-state index contributed by atoms with van der Waals surface area (Å²) >= 11 is 1.16. The van der Waals surface area contributed by atoms with Gasteiger partial charge in [-0.25, -0.2) is 9.78 Å². The third-order valence-corrected chi connectivity index (χ3v) is 6.24. The molecule has 148 valence electrons. The summed E-state index contributed by atoms with van der Waals surface area (Å²) in [4.78, 5) is 41.7. The van der Waals surface area contributed by atoms with Crippen molar-refractivity contribution in [3.8, 4) is 0 Å². The second-order valence-corrected chi connectivity index (χ2v) is 8.31. The molecule has 0 aliphatic heterocycles. The lowest BCUT2D eigenvalue weighted by Crippen LogP contribution is -2.50. The number of carbonyl (C=O) groups excluding carboxylic acids is 2. The third kappa shape index (κ3) is 5.28. The molecule has 2 fully saturated rings. The second-order valence-electron chi connectivity index (χ2n) is 7.45. The summed E-state index contributed by atoms with van der Waals surface area (Å²) in [5, 5.41) is 13.5. The Labute approximate surface area is 163 Å². The van der Waals surface area contributed by atoms with Crippen molar-refractivity contribution in [1.82, 2.24) is 9.88 Å². The molecule has 0 atom stereocenters. The van der Waals surface area contributed by atoms with Crippen LogP contribution in [0.2, 0.25) is 0 Å². The van der Waals surface area contributed by atoms with Gasteiger partial charge in [0.05, 0.1) is 0 Å². The molecule has 2 amide bonds. The minimum atomic E-state index is -1.18. The Hall–Kier alpha value is -1.96. The molecule has 2 aliphatic rings. The lowest BCUT2D eigenvalue weighted by atomic mass is 9.89. The molecule has 0 unspecified atom stereocenters. The molecule has 1 aromatic rings. The van der Waals surface area contributed by atoms with Gasteiger partial charge in [0, 0.05) is 17.5 Å². The van der Waals surface area contributed by atoms with Gasteiger partial charge in [-0.3, -0.25) is 14.9 Å². The van der Waals surface area contributed by atoms with E-state index in [2.05, 4.69) is 10.3 Å². The number of carboxylic acids is 1. The van der Waals surface area contributed by atoms with Gasteiger partial charge in [0.25, 0.3) is 0 Å². The van der Waals surface area contributed by atoms with Gasteiger partial charge in [0.15, 0.2) is 10.9 Å². The van der Waals surface area contributed by atoms with Crippen molar-refractivity contribution in [1.29, 1.82) is 0 Å². The molecule has 0 saturated heterocycles. The fourth-order valence-corrected chi connectivity index (χ4v) is 4.90. The van der Waals surface area contributed by atoms with Gasteiger partial charge in [0.1, 0.15) is 12.1 Å². The maximum Gasteiger partial charge on any atom is 0.324 e. The standard InChI is InChI=1S/C19H27N3O4S/c23-16(11-17(24)25)15-12-27-18(20-15)21-19(26)22(13-7-3-1-4-8-13)14-9-5-2-6-10-14/h12-14H,1-11H2,(H,24,25)(H,20,21,26). The summed E-state index contributed by atoms with van der Waals surface area (Å²) < 4.78 is 0. The predicted molar refractivity (Wildman–Crippen MR) is 103 cm³/mol. The zero-order chi connectivity index (χ0) is 19.2. The van der Waals surface area contributed by atoms with Gasteiger partial charge in [-0.05, 0) is 25.7 Å². The van der Waals surface area contributed by atoms with Gasteiger partial charge in [-0.1, -0.05) is 38.5 Å². The third-order valence-electron chi connectivity index (χ3n) is 5.49. The van der Waals surface area contributed by atoms with Crippen molar-refractivity contribution in [2.75, 3.05) is 5.32 Å². The number of nitrogens with one attached hydrogen (secondary N) is 1. The highest BCUT2D eigenvalue weighted by Crippen LogP contribution is 2.31. The van der Waals surface area contributed by atoms with Crippen LogP contribution in [0.5, 0.6) is 0 Å². The van der Waals surface area contributed by atoms with Gasteiger partial charge in [0.2, 0.25) is 0 Å². The first kappa shape index (κ1) is 19.8. The molecule has 1 heterocycles. The van der Waals surface area contributed by atoms with Crippen molar-refractivity contribution >= 4 is 34.3 Å². The van der Waals surface area contributed by atoms with Crippen molar-refractivity contribution < 1.29 is 19.5 Å². The SMILES string of the molecule is O=C(O)CC(=O)c1csc(NC(=O)N(C2CCCCC2)C2CCCCC2)n1. The van der Waals surface area contributed by atoms with E-state index in [9.17, 15) is 14.4 Å². The fraction of sp³-hybridized carbons (Fsp3) is 0.684. The number of ketones is 1. The second kappa shape index (κ2) is 9.30. The zero-order valence-corrected chi connectivity index (χ0v) is 16.3. The van der Waals surface area contributed by atoms with E-state index in [-0.39, 0.29) is 23.8 Å². The van der Waals surface area contributed by atoms with Crippen LogP contribution in [-0.2, 0) is 4.79 Å². The van der Waals surface area contributed by atoms with E-state index in [1.807, 2.05) is 4.90 Å². The van der Waals surface area contributed by atoms with Gasteiger partial charge < -0.3 is 10.0 Å². The fourth-order valence-electron chi connectivity index (χ4n) is 4.19. The number of carbonyl (C=O) groups is 3. The van der Waals surface area contributed by atoms with E-state index in [0.29, 0.717) is 5.13 Å². The quantitative estimate of drug-likeness (QED) is 0.554. The average Bonchev–Trinajstić information content (AvgIpc) is 3.12. The van der Waals surface area contributed by atoms with Crippen LogP contribution in [0.3, 0.4) is 0 Å². The highest BCUT2D eigenvalue weighted by Gasteiger charge is 2.33. The number of aromatic nitrogens is 1. The zero-order valence-electron chi connectivity index (χ0n) is 15.5. The Morgan fingerprint density at radius 2 is 1.59 bits per heavy atom. The van der Waals surface area contributed by atoms with Crippen LogP contribution in [0.15, 0.2) is 5.38 Å². The monoisotopic (exact) mass is 393 g/mol. The molecule has 8 heteroatoms. The Morgan fingerprint density at radius 3 is 2.11 bits per heavy atom. The molecule has 0 radical (unpaired) electrons. The number of Topliss-reactive ketones (excluding diaryl/α,β-unsaturated/α-hetero) is 1. The first-order valence-electron chi connectivity index (χ1n) is 9.84. The molecule has 2 N–H and O–H groups in total. The predicted octanol–water partition coefficient (Wildman–Crippen LogP) is 4.30. The molecule has 0 aromatic carbocycles. The van der Waals surface area contributed by atoms with Gasteiger partial charge in [-0.2, -0.15) is 0 Å². The number of rotatable bonds is 6. The molecule has 0 spiro atoms. The van der Waals surface area contributed by atoms with Crippen molar-refractivity contribution in [3.63, 3.8) is 0 Å². The average molecular weight is 394 g/mol. The number of amides is 2. The maximum absolute atomic E-state index is 13.1. The van der Waals surface area contributed by atoms with E-state index in [1.165, 1.54) is 18.2 Å². The summed E-state index contributed by atoms with van der Waals surface area (Å²) in [5.74, 6) is -1.73. The van der Waals surface area contributed by atoms with E-state index in [4.69, 9.17) is 5.11 Å². The Bertz CT molecular complexity index is 660. The highest BCUT2D eigenvalue weighted by molar-refractivity contribution is 7.14. The largest absolute Gasteiger partial charge is 0.481 e. The summed E-state index contributed by atoms with van der Waals surface area (Å²) in [6.07, 6.45) is 10.7. The van der Waals surface area contributed by atoms with Crippen LogP contribution in [0.1, 0.15) is 81.1 Å². The first-order valence-corrected chi connectivity index (χ1v) is 10.7. The molecule has 3 rings (SSSR count). The van der Waals surface area contributed by atoms with Gasteiger partial charge in [-0.15, -0.1) is 11.3 Å². The number of nitrogens with zero attached hydrogens (tertiary/aromatic N) is 2. The maximum atomic E-state index is 13.1. The molecule has 1 aromatic heterocycles. The van der Waals surface area contributed by atoms with Crippen molar-refractivity contribution in [2.45, 2.75) is 82.7 Å². The highest BCUT2D eigenvalue weighted by atomic mass is 32.1. The molecule has 2 saturated carbocycles. The Balaban J connectivity index is 1.69. The van der Waals surface area contributed by atoms with Gasteiger partial charge >= 0.3 is 12.0 Å². The first-order chi connectivity index (χ1) is 13.0. The number of carboxylic acid groups (broad SMARTS) is 1. The van der Waals surface area contributed by atoms with Crippen LogP contribution in [0.25, 0.3) is 0 Å². The van der Waals surface area contributed by atoms with Crippen LogP contribution in [-0.4, -0.2) is 44.9 Å². The number of aliphatic carboxylic acids is 1. The Kier molecular flexibility index (Phi) is 6.82. The normalized spacial score (nSPS) is 18.8. The topological polar surface area (TPSA) is 99.6 Å². The van der Waals surface area contributed by atoms with E-state index < -0.39 is 18.2 Å². The molecule has 0 bridgehead atoms. The number of hydrogen-bond donors (Lipinski definition) is 2. The van der Waals surface area contributed by atoms with Crippen LogP contribution >= 0.6 is 11.3 Å². The van der Waals surface area contributed by atoms with Crippen LogP contribution in [0, 0.1) is 0 Å². The van der Waals surface area contributed by atoms with Crippen molar-refractivity contribution in [3.05, 3.63) is 11.1 Å². The molecular formula is C19H27N3O4S. The molecule has 2 aliphatic carbocycles. The lowest BCUT2D eigenvalue weighted by molar-refractivity contribution is -0.135. The Morgan fingerprint density at radius 1 is 1.04 bits per heavy atom. The minimum Gasteiger partial charge on any atom is -0.481 e. The van der Waals surface area contributed by atoms with E-state index in [1.54, 1.807) is 0 Å².